The molecular weight excluding hydrogens is 346 g/mol. The Morgan fingerprint density at radius 3 is 2.56 bits per heavy atom. The van der Waals surface area contributed by atoms with Gasteiger partial charge in [0, 0.05) is 35.8 Å². The maximum atomic E-state index is 12.0. The van der Waals surface area contributed by atoms with Gasteiger partial charge in [-0.1, -0.05) is 0 Å². The second-order valence-corrected chi connectivity index (χ2v) is 9.59. The fraction of sp³-hybridized carbons (Fsp3) is 0.438. The number of rotatable bonds is 6. The van der Waals surface area contributed by atoms with E-state index in [0.717, 1.165) is 0 Å². The molecule has 1 N–H and O–H groups in total. The van der Waals surface area contributed by atoms with E-state index in [2.05, 4.69) is 5.32 Å². The van der Waals surface area contributed by atoms with Crippen LogP contribution in [0.4, 0.5) is 5.69 Å². The number of carbonyl (C=O) groups excluding carboxylic acids is 1. The molecule has 8 nitrogen and oxygen atoms in total. The number of hydrogen-bond acceptors (Lipinski definition) is 5. The van der Waals surface area contributed by atoms with E-state index < -0.39 is 19.5 Å². The zero-order valence-electron chi connectivity index (χ0n) is 14.4. The number of nitrogens with zero attached hydrogens (tertiary/aromatic N) is 2. The van der Waals surface area contributed by atoms with E-state index in [9.17, 15) is 23.3 Å². The van der Waals surface area contributed by atoms with Gasteiger partial charge in [0.05, 0.1) is 15.4 Å². The monoisotopic (exact) mass is 367 g/mol. The van der Waals surface area contributed by atoms with Crippen molar-refractivity contribution in [2.75, 3.05) is 12.3 Å². The van der Waals surface area contributed by atoms with Crippen LogP contribution in [-0.2, 0) is 21.2 Å². The van der Waals surface area contributed by atoms with Gasteiger partial charge in [-0.05, 0) is 32.9 Å². The standard InChI is InChI=1S/C16H21N3O5S/c1-16(2,3)25(23,24)9-7-17-15(20)11-18-8-6-12-10-13(19(21)22)4-5-14(12)18/h4-6,8,10H,7,9,11H2,1-3H3,(H,17,20). The summed E-state index contributed by atoms with van der Waals surface area (Å²) in [7, 11) is -3.29. The molecule has 0 fully saturated rings. The number of hydrogen-bond donors (Lipinski definition) is 1. The predicted molar refractivity (Wildman–Crippen MR) is 95.1 cm³/mol. The van der Waals surface area contributed by atoms with Crippen molar-refractivity contribution in [3.8, 4) is 0 Å². The molecule has 9 heteroatoms. The van der Waals surface area contributed by atoms with Crippen LogP contribution in [-0.4, -0.2) is 40.9 Å². The summed E-state index contributed by atoms with van der Waals surface area (Å²) in [6.45, 7) is 4.92. The molecule has 136 valence electrons. The Hall–Kier alpha value is -2.42. The summed E-state index contributed by atoms with van der Waals surface area (Å²) in [6, 6.07) is 6.11. The molecule has 1 aromatic heterocycles. The normalized spacial score (nSPS) is 12.3. The first-order valence-corrected chi connectivity index (χ1v) is 9.39. The molecule has 25 heavy (non-hydrogen) atoms. The van der Waals surface area contributed by atoms with E-state index in [1.807, 2.05) is 0 Å². The van der Waals surface area contributed by atoms with Gasteiger partial charge in [-0.3, -0.25) is 14.9 Å². The van der Waals surface area contributed by atoms with Crippen molar-refractivity contribution in [2.45, 2.75) is 32.1 Å². The van der Waals surface area contributed by atoms with Gasteiger partial charge < -0.3 is 9.88 Å². The molecule has 0 radical (unpaired) electrons. The molecule has 1 heterocycles. The summed E-state index contributed by atoms with van der Waals surface area (Å²) in [6.07, 6.45) is 1.67. The summed E-state index contributed by atoms with van der Waals surface area (Å²) >= 11 is 0. The van der Waals surface area contributed by atoms with Crippen molar-refractivity contribution in [1.29, 1.82) is 0 Å². The van der Waals surface area contributed by atoms with Gasteiger partial charge in [0.2, 0.25) is 5.91 Å². The van der Waals surface area contributed by atoms with E-state index in [-0.39, 0.29) is 30.4 Å². The highest BCUT2D eigenvalue weighted by Crippen LogP contribution is 2.21. The Morgan fingerprint density at radius 2 is 1.96 bits per heavy atom. The second-order valence-electron chi connectivity index (χ2n) is 6.73. The minimum absolute atomic E-state index is 0.0108. The maximum Gasteiger partial charge on any atom is 0.270 e. The van der Waals surface area contributed by atoms with Crippen LogP contribution in [0.15, 0.2) is 30.5 Å². The van der Waals surface area contributed by atoms with Crippen LogP contribution in [0.5, 0.6) is 0 Å². The Bertz CT molecular complexity index is 909. The van der Waals surface area contributed by atoms with Crippen molar-refractivity contribution in [3.05, 3.63) is 40.6 Å². The number of non-ortho nitro benzene ring substituents is 1. The van der Waals surface area contributed by atoms with Crippen LogP contribution in [0.2, 0.25) is 0 Å². The van der Waals surface area contributed by atoms with Crippen LogP contribution in [0.1, 0.15) is 20.8 Å². The molecule has 0 saturated carbocycles. The lowest BCUT2D eigenvalue weighted by molar-refractivity contribution is -0.384. The molecule has 1 amide bonds. The topological polar surface area (TPSA) is 111 Å². The smallest absolute Gasteiger partial charge is 0.270 e. The third-order valence-electron chi connectivity index (χ3n) is 3.91. The lowest BCUT2D eigenvalue weighted by Crippen LogP contribution is -2.37. The van der Waals surface area contributed by atoms with Gasteiger partial charge in [-0.15, -0.1) is 0 Å². The summed E-state index contributed by atoms with van der Waals surface area (Å²) in [4.78, 5) is 22.3. The molecule has 0 saturated heterocycles. The molecule has 0 unspecified atom stereocenters. The lowest BCUT2D eigenvalue weighted by atomic mass is 10.2. The average molecular weight is 367 g/mol. The average Bonchev–Trinajstić information content (AvgIpc) is 2.88. The fourth-order valence-corrected chi connectivity index (χ4v) is 3.26. The largest absolute Gasteiger partial charge is 0.354 e. The minimum Gasteiger partial charge on any atom is -0.354 e. The summed E-state index contributed by atoms with van der Waals surface area (Å²) < 4.78 is 24.8. The summed E-state index contributed by atoms with van der Waals surface area (Å²) in [5.41, 5.74) is 0.685. The number of nitro benzene ring substituents is 1. The third-order valence-corrected chi connectivity index (χ3v) is 6.51. The highest BCUT2D eigenvalue weighted by Gasteiger charge is 2.28. The van der Waals surface area contributed by atoms with Crippen molar-refractivity contribution < 1.29 is 18.1 Å². The van der Waals surface area contributed by atoms with Crippen molar-refractivity contribution in [2.24, 2.45) is 0 Å². The first-order chi connectivity index (χ1) is 11.5. The van der Waals surface area contributed by atoms with E-state index in [1.165, 1.54) is 12.1 Å². The van der Waals surface area contributed by atoms with Crippen molar-refractivity contribution in [1.82, 2.24) is 9.88 Å². The molecule has 2 aromatic rings. The van der Waals surface area contributed by atoms with Gasteiger partial charge in [-0.2, -0.15) is 0 Å². The van der Waals surface area contributed by atoms with Gasteiger partial charge in [0.1, 0.15) is 6.54 Å². The first kappa shape index (κ1) is 18.9. The van der Waals surface area contributed by atoms with Gasteiger partial charge >= 0.3 is 0 Å². The first-order valence-electron chi connectivity index (χ1n) is 7.73. The Kier molecular flexibility index (Phi) is 5.17. The van der Waals surface area contributed by atoms with Crippen LogP contribution >= 0.6 is 0 Å². The second kappa shape index (κ2) is 6.83. The quantitative estimate of drug-likeness (QED) is 0.619. The van der Waals surface area contributed by atoms with Gasteiger partial charge in [0.15, 0.2) is 9.84 Å². The molecule has 1 aromatic carbocycles. The highest BCUT2D eigenvalue weighted by molar-refractivity contribution is 7.92. The number of aromatic nitrogens is 1. The van der Waals surface area contributed by atoms with Gasteiger partial charge in [0.25, 0.3) is 5.69 Å². The SMILES string of the molecule is CC(C)(C)S(=O)(=O)CCNC(=O)Cn1ccc2cc([N+](=O)[O-])ccc21. The number of sulfone groups is 1. The van der Waals surface area contributed by atoms with E-state index >= 15 is 0 Å². The van der Waals surface area contributed by atoms with Crippen LogP contribution in [0, 0.1) is 10.1 Å². The number of amides is 1. The number of benzene rings is 1. The highest BCUT2D eigenvalue weighted by atomic mass is 32.2. The van der Waals surface area contributed by atoms with E-state index in [1.54, 1.807) is 43.7 Å². The lowest BCUT2D eigenvalue weighted by Gasteiger charge is -2.19. The Balaban J connectivity index is 2.00. The zero-order valence-corrected chi connectivity index (χ0v) is 15.2. The summed E-state index contributed by atoms with van der Waals surface area (Å²) in [5, 5.41) is 14.0. The number of fused-ring (bicyclic) bond motifs is 1. The Morgan fingerprint density at radius 1 is 1.28 bits per heavy atom. The maximum absolute atomic E-state index is 12.0. The third kappa shape index (κ3) is 4.36. The molecule has 0 spiro atoms. The molecule has 0 bridgehead atoms. The molecule has 0 atom stereocenters. The van der Waals surface area contributed by atoms with Crippen LogP contribution < -0.4 is 5.32 Å². The number of nitrogens with one attached hydrogen (secondary N) is 1. The van der Waals surface area contributed by atoms with Crippen molar-refractivity contribution >= 4 is 32.3 Å². The van der Waals surface area contributed by atoms with Crippen LogP contribution in [0.25, 0.3) is 10.9 Å². The number of carbonyl (C=O) groups is 1. The molecule has 0 aliphatic rings. The predicted octanol–water partition coefficient (Wildman–Crippen LogP) is 1.88. The van der Waals surface area contributed by atoms with E-state index in [4.69, 9.17) is 0 Å². The minimum atomic E-state index is -3.29. The van der Waals surface area contributed by atoms with Crippen LogP contribution in [0.3, 0.4) is 0 Å². The zero-order chi connectivity index (χ0) is 18.8. The number of nitro groups is 1. The summed E-state index contributed by atoms with van der Waals surface area (Å²) in [5.74, 6) is -0.444. The molecular formula is C16H21N3O5S. The Labute approximate surface area is 145 Å². The van der Waals surface area contributed by atoms with Crippen molar-refractivity contribution in [3.63, 3.8) is 0 Å². The fourth-order valence-electron chi connectivity index (χ4n) is 2.28. The van der Waals surface area contributed by atoms with Gasteiger partial charge in [-0.25, -0.2) is 8.42 Å². The molecule has 0 aliphatic carbocycles. The molecule has 0 aliphatic heterocycles. The van der Waals surface area contributed by atoms with E-state index in [0.29, 0.717) is 10.9 Å². The molecule has 2 rings (SSSR count).